The average Bonchev–Trinajstić information content (AvgIpc) is 2.67. The molecule has 0 spiro atoms. The first-order valence-electron chi connectivity index (χ1n) is 9.65. The smallest absolute Gasteiger partial charge is 0.253 e. The lowest BCUT2D eigenvalue weighted by molar-refractivity contribution is 0.0724. The van der Waals surface area contributed by atoms with Gasteiger partial charge in [-0.05, 0) is 50.3 Å². The number of unbranched alkanes of at least 4 members (excludes halogenated alkanes) is 1. The van der Waals surface area contributed by atoms with Gasteiger partial charge < -0.3 is 15.5 Å². The Bertz CT molecular complexity index is 553. The van der Waals surface area contributed by atoms with Gasteiger partial charge in [0.15, 0.2) is 5.96 Å². The van der Waals surface area contributed by atoms with E-state index in [0.717, 1.165) is 62.5 Å². The van der Waals surface area contributed by atoms with Gasteiger partial charge in [0.1, 0.15) is 0 Å². The van der Waals surface area contributed by atoms with Crippen molar-refractivity contribution in [3.63, 3.8) is 0 Å². The van der Waals surface area contributed by atoms with Crippen molar-refractivity contribution in [2.45, 2.75) is 52.5 Å². The number of nitrogens with zero attached hydrogens (tertiary/aromatic N) is 2. The van der Waals surface area contributed by atoms with Gasteiger partial charge in [-0.15, -0.1) is 24.0 Å². The summed E-state index contributed by atoms with van der Waals surface area (Å²) in [4.78, 5) is 19.1. The third kappa shape index (κ3) is 7.51. The predicted octanol–water partition coefficient (Wildman–Crippen LogP) is 3.79. The summed E-state index contributed by atoms with van der Waals surface area (Å²) in [6.45, 7) is 8.42. The highest BCUT2D eigenvalue weighted by Crippen LogP contribution is 2.14. The second-order valence-electron chi connectivity index (χ2n) is 6.53. The summed E-state index contributed by atoms with van der Waals surface area (Å²) in [7, 11) is 0. The van der Waals surface area contributed by atoms with Crippen LogP contribution in [0.5, 0.6) is 0 Å². The molecule has 0 radical (unpaired) electrons. The molecule has 0 saturated carbocycles. The standard InChI is InChI=1S/C20H32N4O.HI/c1-3-5-13-22-20(21-4-2)23-16-17-9-11-18(12-10-17)19(25)24-14-7-6-8-15-24;/h9-12H,3-8,13-16H2,1-2H3,(H2,21,22,23);1H. The van der Waals surface area contributed by atoms with Crippen molar-refractivity contribution in [2.24, 2.45) is 4.99 Å². The number of hydrogen-bond acceptors (Lipinski definition) is 2. The summed E-state index contributed by atoms with van der Waals surface area (Å²) >= 11 is 0. The van der Waals surface area contributed by atoms with Crippen LogP contribution in [0, 0.1) is 0 Å². The SMILES string of the molecule is CCCCNC(=NCc1ccc(C(=O)N2CCCCC2)cc1)NCC.I. The minimum Gasteiger partial charge on any atom is -0.357 e. The van der Waals surface area contributed by atoms with Gasteiger partial charge in [0, 0.05) is 31.7 Å². The number of rotatable bonds is 7. The van der Waals surface area contributed by atoms with E-state index in [-0.39, 0.29) is 29.9 Å². The number of likely N-dealkylation sites (tertiary alicyclic amines) is 1. The Kier molecular flexibility index (Phi) is 11.3. The lowest BCUT2D eigenvalue weighted by Gasteiger charge is -2.26. The highest BCUT2D eigenvalue weighted by molar-refractivity contribution is 14.0. The Morgan fingerprint density at radius 2 is 1.77 bits per heavy atom. The fourth-order valence-corrected chi connectivity index (χ4v) is 2.93. The number of guanidine groups is 1. The first-order chi connectivity index (χ1) is 12.2. The van der Waals surface area contributed by atoms with Crippen molar-refractivity contribution >= 4 is 35.8 Å². The second kappa shape index (κ2) is 12.9. The van der Waals surface area contributed by atoms with E-state index in [4.69, 9.17) is 0 Å². The van der Waals surface area contributed by atoms with Gasteiger partial charge in [-0.3, -0.25) is 4.79 Å². The Balaban J connectivity index is 0.00000338. The third-order valence-electron chi connectivity index (χ3n) is 4.43. The molecule has 26 heavy (non-hydrogen) atoms. The fourth-order valence-electron chi connectivity index (χ4n) is 2.93. The maximum absolute atomic E-state index is 12.5. The van der Waals surface area contributed by atoms with Crippen molar-refractivity contribution in [1.29, 1.82) is 0 Å². The number of carbonyl (C=O) groups excluding carboxylic acids is 1. The molecule has 146 valence electrons. The van der Waals surface area contributed by atoms with Crippen molar-refractivity contribution in [3.05, 3.63) is 35.4 Å². The van der Waals surface area contributed by atoms with E-state index in [9.17, 15) is 4.79 Å². The Labute approximate surface area is 175 Å². The highest BCUT2D eigenvalue weighted by atomic mass is 127. The number of halogens is 1. The van der Waals surface area contributed by atoms with Crippen LogP contribution >= 0.6 is 24.0 Å². The minimum atomic E-state index is 0. The summed E-state index contributed by atoms with van der Waals surface area (Å²) in [5, 5.41) is 6.61. The van der Waals surface area contributed by atoms with Gasteiger partial charge in [0.25, 0.3) is 5.91 Å². The number of carbonyl (C=O) groups is 1. The summed E-state index contributed by atoms with van der Waals surface area (Å²) in [5.74, 6) is 1.01. The molecule has 1 aliphatic heterocycles. The average molecular weight is 472 g/mol. The third-order valence-corrected chi connectivity index (χ3v) is 4.43. The minimum absolute atomic E-state index is 0. The van der Waals surface area contributed by atoms with Crippen molar-refractivity contribution in [3.8, 4) is 0 Å². The van der Waals surface area contributed by atoms with Gasteiger partial charge in [0.05, 0.1) is 6.54 Å². The molecule has 2 N–H and O–H groups in total. The molecule has 1 aromatic rings. The van der Waals surface area contributed by atoms with Crippen molar-refractivity contribution in [2.75, 3.05) is 26.2 Å². The molecule has 1 saturated heterocycles. The van der Waals surface area contributed by atoms with Crippen LogP contribution in [0.3, 0.4) is 0 Å². The number of piperidine rings is 1. The lowest BCUT2D eigenvalue weighted by Crippen LogP contribution is -2.37. The van der Waals surface area contributed by atoms with Crippen LogP contribution in [-0.2, 0) is 6.54 Å². The summed E-state index contributed by atoms with van der Waals surface area (Å²) in [6.07, 6.45) is 5.78. The number of benzene rings is 1. The van der Waals surface area contributed by atoms with E-state index in [1.807, 2.05) is 29.2 Å². The largest absolute Gasteiger partial charge is 0.357 e. The Morgan fingerprint density at radius 3 is 2.38 bits per heavy atom. The zero-order chi connectivity index (χ0) is 17.9. The van der Waals surface area contributed by atoms with Crippen LogP contribution in [0.25, 0.3) is 0 Å². The molecule has 1 aliphatic rings. The molecule has 1 amide bonds. The molecule has 2 rings (SSSR count). The van der Waals surface area contributed by atoms with E-state index >= 15 is 0 Å². The molecule has 0 aromatic heterocycles. The normalized spacial score (nSPS) is 14.5. The van der Waals surface area contributed by atoms with Crippen molar-refractivity contribution in [1.82, 2.24) is 15.5 Å². The van der Waals surface area contributed by atoms with Crippen LogP contribution in [0.15, 0.2) is 29.3 Å². The predicted molar refractivity (Wildman–Crippen MR) is 119 cm³/mol. The summed E-state index contributed by atoms with van der Waals surface area (Å²) in [5.41, 5.74) is 1.89. The number of amides is 1. The Morgan fingerprint density at radius 1 is 1.08 bits per heavy atom. The first-order valence-corrected chi connectivity index (χ1v) is 9.65. The van der Waals surface area contributed by atoms with Gasteiger partial charge in [-0.2, -0.15) is 0 Å². The van der Waals surface area contributed by atoms with Crippen LogP contribution in [-0.4, -0.2) is 42.9 Å². The van der Waals surface area contributed by atoms with Crippen LogP contribution in [0.1, 0.15) is 61.9 Å². The lowest BCUT2D eigenvalue weighted by atomic mass is 10.1. The van der Waals surface area contributed by atoms with Crippen LogP contribution in [0.4, 0.5) is 0 Å². The molecule has 6 heteroatoms. The molecule has 0 unspecified atom stereocenters. The number of aliphatic imine (C=N–C) groups is 1. The van der Waals surface area contributed by atoms with E-state index in [1.165, 1.54) is 12.8 Å². The maximum atomic E-state index is 12.5. The molecule has 0 aliphatic carbocycles. The molecular formula is C20H33IN4O. The highest BCUT2D eigenvalue weighted by Gasteiger charge is 2.17. The fraction of sp³-hybridized carbons (Fsp3) is 0.600. The van der Waals surface area contributed by atoms with E-state index in [0.29, 0.717) is 6.54 Å². The van der Waals surface area contributed by atoms with Gasteiger partial charge in [0.2, 0.25) is 0 Å². The molecule has 0 atom stereocenters. The molecular weight excluding hydrogens is 439 g/mol. The number of hydrogen-bond donors (Lipinski definition) is 2. The zero-order valence-corrected chi connectivity index (χ0v) is 18.4. The molecule has 1 heterocycles. The van der Waals surface area contributed by atoms with Crippen LogP contribution in [0.2, 0.25) is 0 Å². The summed E-state index contributed by atoms with van der Waals surface area (Å²) < 4.78 is 0. The molecule has 0 bridgehead atoms. The van der Waals surface area contributed by atoms with Gasteiger partial charge in [-0.1, -0.05) is 25.5 Å². The topological polar surface area (TPSA) is 56.7 Å². The van der Waals surface area contributed by atoms with E-state index in [2.05, 4.69) is 29.5 Å². The Hall–Kier alpha value is -1.31. The maximum Gasteiger partial charge on any atom is 0.253 e. The monoisotopic (exact) mass is 472 g/mol. The molecule has 1 aromatic carbocycles. The molecule has 1 fully saturated rings. The van der Waals surface area contributed by atoms with Gasteiger partial charge >= 0.3 is 0 Å². The second-order valence-corrected chi connectivity index (χ2v) is 6.53. The first kappa shape index (κ1) is 22.7. The van der Waals surface area contributed by atoms with Crippen molar-refractivity contribution < 1.29 is 4.79 Å². The zero-order valence-electron chi connectivity index (χ0n) is 16.1. The molecule has 5 nitrogen and oxygen atoms in total. The van der Waals surface area contributed by atoms with E-state index in [1.54, 1.807) is 0 Å². The van der Waals surface area contributed by atoms with Crippen LogP contribution < -0.4 is 10.6 Å². The number of nitrogens with one attached hydrogen (secondary N) is 2. The van der Waals surface area contributed by atoms with E-state index < -0.39 is 0 Å². The quantitative estimate of drug-likeness (QED) is 0.275. The van der Waals surface area contributed by atoms with Gasteiger partial charge in [-0.25, -0.2) is 4.99 Å². The summed E-state index contributed by atoms with van der Waals surface area (Å²) in [6, 6.07) is 7.88.